The van der Waals surface area contributed by atoms with E-state index in [2.05, 4.69) is 217 Å². The van der Waals surface area contributed by atoms with E-state index in [0.717, 1.165) is 88.0 Å². The van der Waals surface area contributed by atoms with Crippen LogP contribution in [-0.4, -0.2) is 19.5 Å². The van der Waals surface area contributed by atoms with Gasteiger partial charge in [0.05, 0.1) is 16.7 Å². The Balaban J connectivity index is 1.04. The SMILES string of the molecule is c1ccc(-c2cc3c(cc2-n2c4cc5ccccc5cc4c4cc5ccccc5cc42)oc2cccc(-c4nc(-c5ccc6ccccc6c5)nc(-c5ccc6ccccc6c5)n4)c23)cc1. The molecule has 0 aliphatic rings. The van der Waals surface area contributed by atoms with Crippen molar-refractivity contribution in [3.05, 3.63) is 218 Å². The van der Waals surface area contributed by atoms with Crippen molar-refractivity contribution in [2.75, 3.05) is 0 Å². The molecule has 0 spiro atoms. The maximum atomic E-state index is 6.95. The second-order valence-corrected chi connectivity index (χ2v) is 17.2. The molecule has 3 heterocycles. The highest BCUT2D eigenvalue weighted by atomic mass is 16.3. The minimum absolute atomic E-state index is 0.580. The predicted molar refractivity (Wildman–Crippen MR) is 273 cm³/mol. The molecule has 14 aromatic rings. The average Bonchev–Trinajstić information content (AvgIpc) is 3.90. The summed E-state index contributed by atoms with van der Waals surface area (Å²) < 4.78 is 9.39. The molecule has 0 bridgehead atoms. The summed E-state index contributed by atoms with van der Waals surface area (Å²) in [5.41, 5.74) is 9.77. The number of hydrogen-bond acceptors (Lipinski definition) is 4. The lowest BCUT2D eigenvalue weighted by molar-refractivity contribution is 0.668. The Labute approximate surface area is 378 Å². The van der Waals surface area contributed by atoms with Crippen molar-refractivity contribution in [1.82, 2.24) is 19.5 Å². The second kappa shape index (κ2) is 14.3. The van der Waals surface area contributed by atoms with Gasteiger partial charge in [0.2, 0.25) is 0 Å². The first-order chi connectivity index (χ1) is 32.7. The summed E-state index contributed by atoms with van der Waals surface area (Å²) >= 11 is 0. The van der Waals surface area contributed by atoms with E-state index < -0.39 is 0 Å². The molecular formula is C61H36N4O. The van der Waals surface area contributed by atoms with Gasteiger partial charge in [-0.05, 0) is 97.2 Å². The Hall–Kier alpha value is -8.93. The first-order valence-corrected chi connectivity index (χ1v) is 22.3. The van der Waals surface area contributed by atoms with Crippen LogP contribution in [0.5, 0.6) is 0 Å². The zero-order chi connectivity index (χ0) is 43.3. The molecule has 5 nitrogen and oxygen atoms in total. The summed E-state index contributed by atoms with van der Waals surface area (Å²) in [6.07, 6.45) is 0. The third-order valence-electron chi connectivity index (χ3n) is 13.3. The molecule has 0 atom stereocenters. The second-order valence-electron chi connectivity index (χ2n) is 17.2. The Morgan fingerprint density at radius 1 is 0.303 bits per heavy atom. The van der Waals surface area contributed by atoms with Crippen LogP contribution in [0.15, 0.2) is 223 Å². The lowest BCUT2D eigenvalue weighted by Crippen LogP contribution is -2.00. The highest BCUT2D eigenvalue weighted by molar-refractivity contribution is 6.18. The molecule has 5 heteroatoms. The zero-order valence-electron chi connectivity index (χ0n) is 35.5. The van der Waals surface area contributed by atoms with E-state index in [1.807, 2.05) is 6.07 Å². The van der Waals surface area contributed by atoms with Crippen molar-refractivity contribution < 1.29 is 4.42 Å². The van der Waals surface area contributed by atoms with Gasteiger partial charge in [0, 0.05) is 49.9 Å². The largest absolute Gasteiger partial charge is 0.456 e. The first kappa shape index (κ1) is 36.5. The van der Waals surface area contributed by atoms with E-state index in [0.29, 0.717) is 17.5 Å². The van der Waals surface area contributed by atoms with E-state index in [4.69, 9.17) is 19.4 Å². The van der Waals surface area contributed by atoms with Crippen molar-refractivity contribution in [3.8, 4) is 51.0 Å². The summed E-state index contributed by atoms with van der Waals surface area (Å²) in [4.78, 5) is 15.8. The van der Waals surface area contributed by atoms with Crippen molar-refractivity contribution in [3.63, 3.8) is 0 Å². The molecule has 306 valence electrons. The van der Waals surface area contributed by atoms with Crippen molar-refractivity contribution in [2.24, 2.45) is 0 Å². The molecule has 0 radical (unpaired) electrons. The summed E-state index contributed by atoms with van der Waals surface area (Å²) in [7, 11) is 0. The smallest absolute Gasteiger partial charge is 0.164 e. The zero-order valence-corrected chi connectivity index (χ0v) is 35.5. The summed E-state index contributed by atoms with van der Waals surface area (Å²) in [5, 5.41) is 13.7. The topological polar surface area (TPSA) is 56.7 Å². The normalized spacial score (nSPS) is 11.9. The fourth-order valence-electron chi connectivity index (χ4n) is 10.1. The molecular weight excluding hydrogens is 805 g/mol. The van der Waals surface area contributed by atoms with Gasteiger partial charge in [-0.25, -0.2) is 15.0 Å². The van der Waals surface area contributed by atoms with E-state index in [9.17, 15) is 0 Å². The van der Waals surface area contributed by atoms with E-state index in [-0.39, 0.29) is 0 Å². The predicted octanol–water partition coefficient (Wildman–Crippen LogP) is 16.1. The molecule has 3 aromatic heterocycles. The Morgan fingerprint density at radius 2 is 0.788 bits per heavy atom. The van der Waals surface area contributed by atoms with Gasteiger partial charge in [0.15, 0.2) is 17.5 Å². The molecule has 0 saturated carbocycles. The number of aromatic nitrogens is 4. The van der Waals surface area contributed by atoms with Crippen LogP contribution in [0.3, 0.4) is 0 Å². The van der Waals surface area contributed by atoms with Gasteiger partial charge in [-0.2, -0.15) is 0 Å². The van der Waals surface area contributed by atoms with Crippen LogP contribution >= 0.6 is 0 Å². The number of fused-ring (bicyclic) bond motifs is 10. The standard InChI is InChI=1S/C61H36N4O/c1-2-15-39(16-3-1)49-35-52-57(36-55(49)65-53-33-44-21-10-8-19-42(44)31-50(53)51-32-43-20-9-11-22-45(43)34-54(51)65)66-56-24-12-23-48(58(52)56)61-63-59(46-27-25-37-13-4-6-17-40(37)29-46)62-60(64-61)47-28-26-38-14-5-7-18-41(38)30-47/h1-36H. The minimum Gasteiger partial charge on any atom is -0.456 e. The van der Waals surface area contributed by atoms with Crippen molar-refractivity contribution in [2.45, 2.75) is 0 Å². The molecule has 0 N–H and O–H groups in total. The van der Waals surface area contributed by atoms with Gasteiger partial charge >= 0.3 is 0 Å². The number of benzene rings is 11. The van der Waals surface area contributed by atoms with Gasteiger partial charge in [-0.1, -0.05) is 164 Å². The number of rotatable bonds is 5. The number of furan rings is 1. The van der Waals surface area contributed by atoms with E-state index in [1.54, 1.807) is 0 Å². The maximum absolute atomic E-state index is 6.95. The maximum Gasteiger partial charge on any atom is 0.164 e. The fourth-order valence-corrected chi connectivity index (χ4v) is 10.1. The molecule has 66 heavy (non-hydrogen) atoms. The average molecular weight is 841 g/mol. The molecule has 0 aliphatic heterocycles. The Kier molecular flexibility index (Phi) is 7.91. The van der Waals surface area contributed by atoms with Crippen molar-refractivity contribution in [1.29, 1.82) is 0 Å². The van der Waals surface area contributed by atoms with Crippen LogP contribution in [0.2, 0.25) is 0 Å². The third kappa shape index (κ3) is 5.77. The Morgan fingerprint density at radius 3 is 1.35 bits per heavy atom. The van der Waals surface area contributed by atoms with Crippen LogP contribution < -0.4 is 0 Å². The number of hydrogen-bond donors (Lipinski definition) is 0. The van der Waals surface area contributed by atoms with Gasteiger partial charge in [-0.3, -0.25) is 0 Å². The summed E-state index contributed by atoms with van der Waals surface area (Å²) in [6, 6.07) is 77.7. The minimum atomic E-state index is 0.580. The molecule has 14 rings (SSSR count). The summed E-state index contributed by atoms with van der Waals surface area (Å²) in [5.74, 6) is 1.80. The van der Waals surface area contributed by atoms with Crippen LogP contribution in [0.1, 0.15) is 0 Å². The monoisotopic (exact) mass is 840 g/mol. The third-order valence-corrected chi connectivity index (χ3v) is 13.3. The molecule has 0 aliphatic carbocycles. The van der Waals surface area contributed by atoms with Crippen molar-refractivity contribution >= 4 is 86.8 Å². The molecule has 0 amide bonds. The van der Waals surface area contributed by atoms with Crippen LogP contribution in [0.25, 0.3) is 138 Å². The van der Waals surface area contributed by atoms with Gasteiger partial charge in [0.1, 0.15) is 11.2 Å². The van der Waals surface area contributed by atoms with E-state index >= 15 is 0 Å². The molecule has 11 aromatic carbocycles. The molecule has 0 saturated heterocycles. The van der Waals surface area contributed by atoms with Gasteiger partial charge < -0.3 is 8.98 Å². The first-order valence-electron chi connectivity index (χ1n) is 22.3. The highest BCUT2D eigenvalue weighted by Gasteiger charge is 2.23. The fraction of sp³-hybridized carbons (Fsp3) is 0. The lowest BCUT2D eigenvalue weighted by Gasteiger charge is -2.15. The number of nitrogens with zero attached hydrogens (tertiary/aromatic N) is 4. The van der Waals surface area contributed by atoms with Crippen LogP contribution in [-0.2, 0) is 0 Å². The quantitative estimate of drug-likeness (QED) is 0.173. The van der Waals surface area contributed by atoms with Crippen LogP contribution in [0, 0.1) is 0 Å². The summed E-state index contributed by atoms with van der Waals surface area (Å²) in [6.45, 7) is 0. The Bertz CT molecular complexity index is 4110. The van der Waals surface area contributed by atoms with Gasteiger partial charge in [-0.15, -0.1) is 0 Å². The molecule has 0 fully saturated rings. The van der Waals surface area contributed by atoms with E-state index in [1.165, 1.54) is 32.3 Å². The highest BCUT2D eigenvalue weighted by Crippen LogP contribution is 2.44. The lowest BCUT2D eigenvalue weighted by atomic mass is 9.98. The molecule has 0 unspecified atom stereocenters. The van der Waals surface area contributed by atoms with Gasteiger partial charge in [0.25, 0.3) is 0 Å². The van der Waals surface area contributed by atoms with Crippen LogP contribution in [0.4, 0.5) is 0 Å².